The second-order valence-corrected chi connectivity index (χ2v) is 9.91. The number of furan rings is 1. The van der Waals surface area contributed by atoms with Crippen LogP contribution in [0.1, 0.15) is 0 Å². The van der Waals surface area contributed by atoms with Crippen LogP contribution in [0.3, 0.4) is 0 Å². The van der Waals surface area contributed by atoms with Gasteiger partial charge in [0, 0.05) is 22.1 Å². The zero-order valence-electron chi connectivity index (χ0n) is 21.1. The highest BCUT2D eigenvalue weighted by Gasteiger charge is 2.23. The van der Waals surface area contributed by atoms with Gasteiger partial charge in [-0.15, -0.1) is 0 Å². The predicted molar refractivity (Wildman–Crippen MR) is 164 cm³/mol. The van der Waals surface area contributed by atoms with Crippen LogP contribution in [0, 0.1) is 0 Å². The Bertz CT molecular complexity index is 1910. The van der Waals surface area contributed by atoms with Gasteiger partial charge in [0.25, 0.3) is 0 Å². The molecule has 3 heteroatoms. The van der Waals surface area contributed by atoms with E-state index in [0.717, 1.165) is 55.7 Å². The number of halogens is 1. The Labute approximate surface area is 232 Å². The van der Waals surface area contributed by atoms with E-state index < -0.39 is 0 Å². The van der Waals surface area contributed by atoms with Crippen LogP contribution in [0.15, 0.2) is 150 Å². The molecule has 0 aliphatic carbocycles. The highest BCUT2D eigenvalue weighted by molar-refractivity contribution is 6.38. The van der Waals surface area contributed by atoms with Crippen LogP contribution >= 0.6 is 11.6 Å². The summed E-state index contributed by atoms with van der Waals surface area (Å²) in [5, 5.41) is 2.62. The number of nitrogens with zero attached hydrogens (tertiary/aromatic N) is 1. The summed E-state index contributed by atoms with van der Waals surface area (Å²) in [7, 11) is 0. The molecule has 1 aromatic heterocycles. The Hall–Kier alpha value is -4.79. The van der Waals surface area contributed by atoms with Gasteiger partial charge < -0.3 is 9.32 Å². The summed E-state index contributed by atoms with van der Waals surface area (Å²) in [6, 6.07) is 50.1. The number of fused-ring (bicyclic) bond motifs is 3. The van der Waals surface area contributed by atoms with Crippen molar-refractivity contribution in [3.05, 3.63) is 151 Å². The molecular weight excluding hydrogens is 498 g/mol. The van der Waals surface area contributed by atoms with E-state index in [1.807, 2.05) is 36.4 Å². The lowest BCUT2D eigenvalue weighted by Gasteiger charge is -2.26. The molecule has 2 nitrogen and oxygen atoms in total. The molecule has 0 aliphatic rings. The van der Waals surface area contributed by atoms with E-state index in [9.17, 15) is 0 Å². The van der Waals surface area contributed by atoms with Gasteiger partial charge in [-0.1, -0.05) is 115 Å². The molecule has 6 aromatic carbocycles. The summed E-state index contributed by atoms with van der Waals surface area (Å²) in [6.45, 7) is 0. The van der Waals surface area contributed by atoms with Crippen molar-refractivity contribution in [3.63, 3.8) is 0 Å². The number of hydrogen-bond donors (Lipinski definition) is 0. The van der Waals surface area contributed by atoms with Gasteiger partial charge in [-0.3, -0.25) is 0 Å². The van der Waals surface area contributed by atoms with Crippen LogP contribution in [0.4, 0.5) is 17.1 Å². The molecule has 0 aliphatic heterocycles. The predicted octanol–water partition coefficient (Wildman–Crippen LogP) is 11.0. The lowest BCUT2D eigenvalue weighted by molar-refractivity contribution is 0.669. The van der Waals surface area contributed by atoms with Crippen molar-refractivity contribution in [2.24, 2.45) is 0 Å². The average Bonchev–Trinajstić information content (AvgIpc) is 3.40. The first-order valence-corrected chi connectivity index (χ1v) is 13.4. The standard InChI is InChI=1S/C36H24ClNO/c37-31-20-11-21-33-35(31)34-30(26-14-6-2-7-15-26)22-23-32(36(34)39-33)38(28-17-8-3-9-18-28)29-19-10-16-27(24-29)25-12-4-1-5-13-25/h1-24H. The molecular formula is C36H24ClNO. The van der Waals surface area contributed by atoms with Gasteiger partial charge in [0.1, 0.15) is 5.58 Å². The fraction of sp³-hybridized carbons (Fsp3) is 0. The summed E-state index contributed by atoms with van der Waals surface area (Å²) in [6.07, 6.45) is 0. The quantitative estimate of drug-likeness (QED) is 0.224. The first-order chi connectivity index (χ1) is 19.3. The lowest BCUT2D eigenvalue weighted by atomic mass is 9.98. The van der Waals surface area contributed by atoms with Crippen molar-refractivity contribution in [2.75, 3.05) is 4.90 Å². The van der Waals surface area contributed by atoms with Gasteiger partial charge >= 0.3 is 0 Å². The van der Waals surface area contributed by atoms with Crippen molar-refractivity contribution < 1.29 is 4.42 Å². The fourth-order valence-corrected chi connectivity index (χ4v) is 5.62. The monoisotopic (exact) mass is 521 g/mol. The number of benzene rings is 6. The molecule has 0 saturated heterocycles. The van der Waals surface area contributed by atoms with Gasteiger partial charge in [-0.2, -0.15) is 0 Å². The Morgan fingerprint density at radius 2 is 1.10 bits per heavy atom. The summed E-state index contributed by atoms with van der Waals surface area (Å²) < 4.78 is 6.64. The van der Waals surface area contributed by atoms with Crippen LogP contribution in [0.5, 0.6) is 0 Å². The molecule has 0 bridgehead atoms. The van der Waals surface area contributed by atoms with E-state index in [1.165, 1.54) is 5.56 Å². The van der Waals surface area contributed by atoms with Crippen molar-refractivity contribution >= 4 is 50.6 Å². The van der Waals surface area contributed by atoms with Crippen LogP contribution in [0.2, 0.25) is 5.02 Å². The first-order valence-electron chi connectivity index (χ1n) is 13.0. The van der Waals surface area contributed by atoms with Gasteiger partial charge in [0.15, 0.2) is 5.58 Å². The Balaban J connectivity index is 1.53. The van der Waals surface area contributed by atoms with Crippen LogP contribution < -0.4 is 4.90 Å². The number of hydrogen-bond acceptors (Lipinski definition) is 2. The molecule has 39 heavy (non-hydrogen) atoms. The third kappa shape index (κ3) is 4.16. The third-order valence-electron chi connectivity index (χ3n) is 7.13. The highest BCUT2D eigenvalue weighted by atomic mass is 35.5. The fourth-order valence-electron chi connectivity index (χ4n) is 5.36. The maximum absolute atomic E-state index is 6.82. The van der Waals surface area contributed by atoms with Crippen molar-refractivity contribution in [1.82, 2.24) is 0 Å². The average molecular weight is 522 g/mol. The zero-order valence-corrected chi connectivity index (χ0v) is 21.8. The molecule has 7 aromatic rings. The van der Waals surface area contributed by atoms with E-state index in [2.05, 4.69) is 114 Å². The molecule has 0 atom stereocenters. The number of rotatable bonds is 5. The van der Waals surface area contributed by atoms with Crippen LogP contribution in [-0.4, -0.2) is 0 Å². The minimum atomic E-state index is 0.679. The Morgan fingerprint density at radius 3 is 1.85 bits per heavy atom. The molecule has 186 valence electrons. The lowest BCUT2D eigenvalue weighted by Crippen LogP contribution is -2.10. The molecule has 0 unspecified atom stereocenters. The normalized spacial score (nSPS) is 11.2. The topological polar surface area (TPSA) is 16.4 Å². The third-order valence-corrected chi connectivity index (χ3v) is 7.44. The molecule has 0 N–H and O–H groups in total. The maximum atomic E-state index is 6.82. The minimum Gasteiger partial charge on any atom is -0.454 e. The summed E-state index contributed by atoms with van der Waals surface area (Å²) in [5.41, 5.74) is 9.15. The summed E-state index contributed by atoms with van der Waals surface area (Å²) in [5.74, 6) is 0. The van der Waals surface area contributed by atoms with Gasteiger partial charge in [0.2, 0.25) is 0 Å². The highest BCUT2D eigenvalue weighted by Crippen LogP contribution is 2.47. The van der Waals surface area contributed by atoms with Gasteiger partial charge in [-0.25, -0.2) is 0 Å². The summed E-state index contributed by atoms with van der Waals surface area (Å²) in [4.78, 5) is 2.26. The van der Waals surface area contributed by atoms with Crippen molar-refractivity contribution in [1.29, 1.82) is 0 Å². The van der Waals surface area contributed by atoms with Crippen molar-refractivity contribution in [2.45, 2.75) is 0 Å². The molecule has 1 heterocycles. The molecule has 0 saturated carbocycles. The zero-order chi connectivity index (χ0) is 26.2. The van der Waals surface area contributed by atoms with Gasteiger partial charge in [0.05, 0.1) is 10.7 Å². The number of anilines is 3. The Morgan fingerprint density at radius 1 is 0.487 bits per heavy atom. The molecule has 0 amide bonds. The van der Waals surface area contributed by atoms with E-state index in [-0.39, 0.29) is 0 Å². The van der Waals surface area contributed by atoms with Gasteiger partial charge in [-0.05, 0) is 64.7 Å². The number of para-hydroxylation sites is 1. The van der Waals surface area contributed by atoms with E-state index >= 15 is 0 Å². The smallest absolute Gasteiger partial charge is 0.160 e. The second-order valence-electron chi connectivity index (χ2n) is 9.50. The summed E-state index contributed by atoms with van der Waals surface area (Å²) >= 11 is 6.82. The first kappa shape index (κ1) is 23.3. The minimum absolute atomic E-state index is 0.679. The molecule has 0 spiro atoms. The second kappa shape index (κ2) is 9.83. The van der Waals surface area contributed by atoms with Crippen LogP contribution in [0.25, 0.3) is 44.2 Å². The SMILES string of the molecule is Clc1cccc2oc3c(N(c4ccccc4)c4cccc(-c5ccccc5)c4)ccc(-c4ccccc4)c3c12. The molecule has 7 rings (SSSR count). The largest absolute Gasteiger partial charge is 0.454 e. The molecule has 0 fully saturated rings. The van der Waals surface area contributed by atoms with E-state index in [4.69, 9.17) is 16.0 Å². The maximum Gasteiger partial charge on any atom is 0.160 e. The Kier molecular flexibility index (Phi) is 5.88. The van der Waals surface area contributed by atoms with E-state index in [1.54, 1.807) is 0 Å². The van der Waals surface area contributed by atoms with Crippen molar-refractivity contribution in [3.8, 4) is 22.3 Å². The van der Waals surface area contributed by atoms with Crippen LogP contribution in [-0.2, 0) is 0 Å². The van der Waals surface area contributed by atoms with E-state index in [0.29, 0.717) is 5.02 Å². The molecule has 0 radical (unpaired) electrons.